The molecule has 0 radical (unpaired) electrons. The van der Waals surface area contributed by atoms with Crippen LogP contribution in [0.2, 0.25) is 0 Å². The quantitative estimate of drug-likeness (QED) is 0.709. The molecule has 7 nitrogen and oxygen atoms in total. The third kappa shape index (κ3) is 3.46. The van der Waals surface area contributed by atoms with Gasteiger partial charge in [-0.3, -0.25) is 9.36 Å². The van der Waals surface area contributed by atoms with Crippen molar-refractivity contribution >= 4 is 11.0 Å². The van der Waals surface area contributed by atoms with Crippen LogP contribution < -0.4 is 5.56 Å². The van der Waals surface area contributed by atoms with Crippen LogP contribution in [-0.4, -0.2) is 36.2 Å². The van der Waals surface area contributed by atoms with Gasteiger partial charge in [0.2, 0.25) is 0 Å². The van der Waals surface area contributed by atoms with Crippen LogP contribution in [0, 0.1) is 0 Å². The lowest BCUT2D eigenvalue weighted by Gasteiger charge is -2.14. The first kappa shape index (κ1) is 18.1. The van der Waals surface area contributed by atoms with Gasteiger partial charge in [0.25, 0.3) is 5.56 Å². The Morgan fingerprint density at radius 3 is 2.50 bits per heavy atom. The summed E-state index contributed by atoms with van der Waals surface area (Å²) in [6.07, 6.45) is -3.08. The largest absolute Gasteiger partial charge is 0.416 e. The number of fused-ring (bicyclic) bond motifs is 1. The van der Waals surface area contributed by atoms with Crippen molar-refractivity contribution in [1.82, 2.24) is 19.3 Å². The van der Waals surface area contributed by atoms with Crippen LogP contribution in [0.5, 0.6) is 0 Å². The molecule has 1 atom stereocenters. The first-order valence-corrected chi connectivity index (χ1v) is 7.68. The van der Waals surface area contributed by atoms with Gasteiger partial charge in [0.05, 0.1) is 37.6 Å². The summed E-state index contributed by atoms with van der Waals surface area (Å²) in [5.41, 5.74) is -0.694. The molecule has 1 unspecified atom stereocenters. The van der Waals surface area contributed by atoms with E-state index in [0.29, 0.717) is 5.65 Å². The molecule has 2 N–H and O–H groups in total. The monoisotopic (exact) mass is 368 g/mol. The van der Waals surface area contributed by atoms with Crippen molar-refractivity contribution in [3.63, 3.8) is 0 Å². The highest BCUT2D eigenvalue weighted by Crippen LogP contribution is 2.30. The summed E-state index contributed by atoms with van der Waals surface area (Å²) >= 11 is 0. The molecule has 3 aromatic rings. The van der Waals surface area contributed by atoms with Gasteiger partial charge in [-0.05, 0) is 17.7 Å². The van der Waals surface area contributed by atoms with Crippen molar-refractivity contribution in [3.05, 3.63) is 58.3 Å². The van der Waals surface area contributed by atoms with E-state index in [2.05, 4.69) is 10.1 Å². The first-order valence-electron chi connectivity index (χ1n) is 7.68. The van der Waals surface area contributed by atoms with Crippen LogP contribution in [0.4, 0.5) is 13.2 Å². The highest BCUT2D eigenvalue weighted by molar-refractivity contribution is 5.72. The van der Waals surface area contributed by atoms with Crippen molar-refractivity contribution in [3.8, 4) is 0 Å². The molecule has 2 aromatic heterocycles. The summed E-state index contributed by atoms with van der Waals surface area (Å²) in [5, 5.41) is 23.4. The van der Waals surface area contributed by atoms with E-state index in [1.165, 1.54) is 29.3 Å². The molecule has 138 valence electrons. The Kier molecular flexibility index (Phi) is 4.79. The summed E-state index contributed by atoms with van der Waals surface area (Å²) in [7, 11) is 0. The Balaban J connectivity index is 1.84. The smallest absolute Gasteiger partial charge is 0.394 e. The Labute approximate surface area is 144 Å². The predicted molar refractivity (Wildman–Crippen MR) is 85.3 cm³/mol. The summed E-state index contributed by atoms with van der Waals surface area (Å²) in [6.45, 7) is -0.138. The molecule has 0 aliphatic heterocycles. The second kappa shape index (κ2) is 6.89. The van der Waals surface area contributed by atoms with E-state index in [1.807, 2.05) is 0 Å². The minimum Gasteiger partial charge on any atom is -0.394 e. The summed E-state index contributed by atoms with van der Waals surface area (Å²) < 4.78 is 40.3. The number of hydrogen-bond acceptors (Lipinski definition) is 5. The van der Waals surface area contributed by atoms with Gasteiger partial charge >= 0.3 is 6.18 Å². The van der Waals surface area contributed by atoms with Crippen molar-refractivity contribution in [2.75, 3.05) is 6.61 Å². The van der Waals surface area contributed by atoms with Crippen LogP contribution in [0.1, 0.15) is 17.2 Å². The minimum atomic E-state index is -4.45. The van der Waals surface area contributed by atoms with E-state index < -0.39 is 23.4 Å². The zero-order valence-corrected chi connectivity index (χ0v) is 13.4. The molecule has 2 heterocycles. The van der Waals surface area contributed by atoms with Crippen LogP contribution in [0.15, 0.2) is 41.6 Å². The van der Waals surface area contributed by atoms with Crippen molar-refractivity contribution in [1.29, 1.82) is 0 Å². The number of rotatable bonds is 5. The maximum absolute atomic E-state index is 12.6. The van der Waals surface area contributed by atoms with Crippen LogP contribution >= 0.6 is 0 Å². The van der Waals surface area contributed by atoms with Crippen LogP contribution in [0.3, 0.4) is 0 Å². The Morgan fingerprint density at radius 2 is 1.88 bits per heavy atom. The number of benzene rings is 1. The summed E-state index contributed by atoms with van der Waals surface area (Å²) in [5.74, 6) is 0. The molecule has 0 aliphatic carbocycles. The Hall–Kier alpha value is -2.72. The molecule has 26 heavy (non-hydrogen) atoms. The molecule has 0 bridgehead atoms. The molecule has 10 heteroatoms. The van der Waals surface area contributed by atoms with Gasteiger partial charge in [-0.25, -0.2) is 9.67 Å². The third-order valence-corrected chi connectivity index (χ3v) is 3.93. The van der Waals surface area contributed by atoms with Crippen LogP contribution in [-0.2, 0) is 19.3 Å². The van der Waals surface area contributed by atoms with E-state index in [0.717, 1.165) is 16.7 Å². The van der Waals surface area contributed by atoms with E-state index >= 15 is 0 Å². The van der Waals surface area contributed by atoms with Gasteiger partial charge in [0.1, 0.15) is 11.7 Å². The van der Waals surface area contributed by atoms with Gasteiger partial charge < -0.3 is 10.2 Å². The van der Waals surface area contributed by atoms with E-state index in [9.17, 15) is 23.1 Å². The average molecular weight is 368 g/mol. The van der Waals surface area contributed by atoms with Gasteiger partial charge in [0, 0.05) is 0 Å². The first-order chi connectivity index (χ1) is 12.3. The SMILES string of the molecule is O=c1c2cnn(CCO)c2ncn1CC(O)c1ccc(C(F)(F)F)cc1. The van der Waals surface area contributed by atoms with E-state index in [-0.39, 0.29) is 30.6 Å². The Bertz CT molecular complexity index is 964. The van der Waals surface area contributed by atoms with Crippen LogP contribution in [0.25, 0.3) is 11.0 Å². The number of alkyl halides is 3. The number of aliphatic hydroxyl groups excluding tert-OH is 2. The molecule has 1 aromatic carbocycles. The number of aromatic nitrogens is 4. The summed E-state index contributed by atoms with van der Waals surface area (Å²) in [4.78, 5) is 16.6. The molecule has 3 rings (SSSR count). The summed E-state index contributed by atoms with van der Waals surface area (Å²) in [6, 6.07) is 4.09. The van der Waals surface area contributed by atoms with E-state index in [4.69, 9.17) is 5.11 Å². The zero-order valence-electron chi connectivity index (χ0n) is 13.4. The van der Waals surface area contributed by atoms with Crippen molar-refractivity contribution in [2.24, 2.45) is 0 Å². The topological polar surface area (TPSA) is 93.2 Å². The molecule has 0 amide bonds. The van der Waals surface area contributed by atoms with Crippen molar-refractivity contribution in [2.45, 2.75) is 25.4 Å². The fourth-order valence-corrected chi connectivity index (χ4v) is 2.57. The lowest BCUT2D eigenvalue weighted by Crippen LogP contribution is -2.24. The third-order valence-electron chi connectivity index (χ3n) is 3.93. The number of hydrogen-bond donors (Lipinski definition) is 2. The van der Waals surface area contributed by atoms with Gasteiger partial charge in [-0.1, -0.05) is 12.1 Å². The van der Waals surface area contributed by atoms with Crippen molar-refractivity contribution < 1.29 is 23.4 Å². The zero-order chi connectivity index (χ0) is 18.9. The standard InChI is InChI=1S/C16H15F3N4O3/c17-16(18,19)11-3-1-10(2-4-11)13(25)8-22-9-20-14-12(15(22)26)7-21-23(14)5-6-24/h1-4,7,9,13,24-25H,5-6,8H2. The molecule has 0 saturated heterocycles. The predicted octanol–water partition coefficient (Wildman–Crippen LogP) is 1.34. The van der Waals surface area contributed by atoms with Gasteiger partial charge in [-0.15, -0.1) is 0 Å². The fraction of sp³-hybridized carbons (Fsp3) is 0.312. The van der Waals surface area contributed by atoms with Gasteiger partial charge in [0.15, 0.2) is 5.65 Å². The molecule has 0 fully saturated rings. The average Bonchev–Trinajstić information content (AvgIpc) is 3.01. The van der Waals surface area contributed by atoms with E-state index in [1.54, 1.807) is 0 Å². The molecular weight excluding hydrogens is 353 g/mol. The lowest BCUT2D eigenvalue weighted by atomic mass is 10.1. The normalized spacial score (nSPS) is 13.3. The molecule has 0 saturated carbocycles. The molecule has 0 spiro atoms. The maximum Gasteiger partial charge on any atom is 0.416 e. The number of aliphatic hydroxyl groups is 2. The highest BCUT2D eigenvalue weighted by Gasteiger charge is 2.30. The maximum atomic E-state index is 12.6. The minimum absolute atomic E-state index is 0.159. The number of nitrogens with zero attached hydrogens (tertiary/aromatic N) is 4. The lowest BCUT2D eigenvalue weighted by molar-refractivity contribution is -0.137. The second-order valence-electron chi connectivity index (χ2n) is 5.67. The fourth-order valence-electron chi connectivity index (χ4n) is 2.57. The molecule has 0 aliphatic rings. The second-order valence-corrected chi connectivity index (χ2v) is 5.67. The number of halogens is 3. The highest BCUT2D eigenvalue weighted by atomic mass is 19.4. The molecular formula is C16H15F3N4O3. The Morgan fingerprint density at radius 1 is 1.19 bits per heavy atom. The van der Waals surface area contributed by atoms with Gasteiger partial charge in [-0.2, -0.15) is 18.3 Å².